The Labute approximate surface area is 128 Å². The molecular formula is C17H28N2O2. The number of benzene rings is 1. The van der Waals surface area contributed by atoms with E-state index >= 15 is 0 Å². The lowest BCUT2D eigenvalue weighted by Gasteiger charge is -2.22. The highest BCUT2D eigenvalue weighted by atomic mass is 16.5. The predicted molar refractivity (Wildman–Crippen MR) is 86.6 cm³/mol. The van der Waals surface area contributed by atoms with Gasteiger partial charge in [-0.1, -0.05) is 32.4 Å². The maximum absolute atomic E-state index is 12.2. The van der Waals surface area contributed by atoms with Gasteiger partial charge in [0.2, 0.25) is 0 Å². The first-order valence-electron chi connectivity index (χ1n) is 7.95. The van der Waals surface area contributed by atoms with E-state index in [4.69, 9.17) is 4.74 Å². The van der Waals surface area contributed by atoms with E-state index in [1.165, 1.54) is 0 Å². The molecule has 4 heteroatoms. The van der Waals surface area contributed by atoms with Crippen molar-refractivity contribution in [2.75, 3.05) is 19.7 Å². The van der Waals surface area contributed by atoms with E-state index in [2.05, 4.69) is 19.2 Å². The molecule has 0 radical (unpaired) electrons. The highest BCUT2D eigenvalue weighted by Gasteiger charge is 2.11. The zero-order chi connectivity index (χ0) is 15.5. The number of nitrogens with zero attached hydrogens (tertiary/aromatic N) is 1. The SMILES string of the molecule is CCCCN(CCC)C(=O)NCc1ccc(OCC)cc1. The van der Waals surface area contributed by atoms with Gasteiger partial charge in [0.15, 0.2) is 0 Å². The minimum Gasteiger partial charge on any atom is -0.494 e. The molecule has 0 aliphatic rings. The third-order valence-corrected chi connectivity index (χ3v) is 3.24. The average Bonchev–Trinajstić information content (AvgIpc) is 2.50. The topological polar surface area (TPSA) is 41.6 Å². The van der Waals surface area contributed by atoms with Crippen LogP contribution in [0.5, 0.6) is 5.75 Å². The summed E-state index contributed by atoms with van der Waals surface area (Å²) in [4.78, 5) is 14.1. The van der Waals surface area contributed by atoms with Crippen molar-refractivity contribution in [2.45, 2.75) is 46.6 Å². The molecule has 21 heavy (non-hydrogen) atoms. The average molecular weight is 292 g/mol. The summed E-state index contributed by atoms with van der Waals surface area (Å²) < 4.78 is 5.41. The smallest absolute Gasteiger partial charge is 0.317 e. The second-order valence-electron chi connectivity index (χ2n) is 5.08. The molecule has 0 spiro atoms. The monoisotopic (exact) mass is 292 g/mol. The molecule has 1 aromatic carbocycles. The van der Waals surface area contributed by atoms with E-state index in [-0.39, 0.29) is 6.03 Å². The van der Waals surface area contributed by atoms with Crippen LogP contribution >= 0.6 is 0 Å². The van der Waals surface area contributed by atoms with Crippen molar-refractivity contribution >= 4 is 6.03 Å². The van der Waals surface area contributed by atoms with Crippen LogP contribution in [0.4, 0.5) is 4.79 Å². The van der Waals surface area contributed by atoms with Gasteiger partial charge in [-0.15, -0.1) is 0 Å². The molecule has 0 heterocycles. The third-order valence-electron chi connectivity index (χ3n) is 3.24. The Morgan fingerprint density at radius 1 is 1.10 bits per heavy atom. The lowest BCUT2D eigenvalue weighted by Crippen LogP contribution is -2.40. The molecular weight excluding hydrogens is 264 g/mol. The molecule has 2 amide bonds. The zero-order valence-corrected chi connectivity index (χ0v) is 13.5. The first-order chi connectivity index (χ1) is 10.2. The van der Waals surface area contributed by atoms with Gasteiger partial charge in [-0.25, -0.2) is 4.79 Å². The van der Waals surface area contributed by atoms with Crippen molar-refractivity contribution in [1.29, 1.82) is 0 Å². The Morgan fingerprint density at radius 3 is 2.38 bits per heavy atom. The second kappa shape index (κ2) is 10.1. The van der Waals surface area contributed by atoms with Crippen LogP contribution in [-0.2, 0) is 6.54 Å². The summed E-state index contributed by atoms with van der Waals surface area (Å²) in [6.45, 7) is 9.07. The summed E-state index contributed by atoms with van der Waals surface area (Å²) in [6.07, 6.45) is 3.14. The van der Waals surface area contributed by atoms with E-state index in [1.807, 2.05) is 36.1 Å². The molecule has 0 atom stereocenters. The summed E-state index contributed by atoms with van der Waals surface area (Å²) in [5.74, 6) is 0.864. The number of unbranched alkanes of at least 4 members (excludes halogenated alkanes) is 1. The second-order valence-corrected chi connectivity index (χ2v) is 5.08. The minimum atomic E-state index is 0.0270. The van der Waals surface area contributed by atoms with Crippen LogP contribution in [0.1, 0.15) is 45.6 Å². The number of hydrogen-bond donors (Lipinski definition) is 1. The summed E-state index contributed by atoms with van der Waals surface area (Å²) in [5.41, 5.74) is 1.08. The maximum atomic E-state index is 12.2. The van der Waals surface area contributed by atoms with Gasteiger partial charge in [0.25, 0.3) is 0 Å². The first-order valence-corrected chi connectivity index (χ1v) is 7.95. The van der Waals surface area contributed by atoms with Gasteiger partial charge in [-0.3, -0.25) is 0 Å². The third kappa shape index (κ3) is 6.52. The summed E-state index contributed by atoms with van der Waals surface area (Å²) >= 11 is 0. The van der Waals surface area contributed by atoms with Crippen LogP contribution in [-0.4, -0.2) is 30.6 Å². The zero-order valence-electron chi connectivity index (χ0n) is 13.5. The molecule has 1 N–H and O–H groups in total. The van der Waals surface area contributed by atoms with Gasteiger partial charge < -0.3 is 15.0 Å². The fourth-order valence-corrected chi connectivity index (χ4v) is 2.09. The number of carbonyl (C=O) groups is 1. The quantitative estimate of drug-likeness (QED) is 0.752. The molecule has 0 bridgehead atoms. The number of amides is 2. The molecule has 1 aromatic rings. The van der Waals surface area contributed by atoms with E-state index < -0.39 is 0 Å². The van der Waals surface area contributed by atoms with Gasteiger partial charge in [-0.05, 0) is 37.5 Å². The van der Waals surface area contributed by atoms with Gasteiger partial charge in [0, 0.05) is 19.6 Å². The molecule has 0 aliphatic heterocycles. The van der Waals surface area contributed by atoms with Crippen LogP contribution in [0.3, 0.4) is 0 Å². The molecule has 118 valence electrons. The minimum absolute atomic E-state index is 0.0270. The van der Waals surface area contributed by atoms with Crippen molar-refractivity contribution in [1.82, 2.24) is 10.2 Å². The lowest BCUT2D eigenvalue weighted by atomic mass is 10.2. The Kier molecular flexibility index (Phi) is 8.32. The van der Waals surface area contributed by atoms with Crippen LogP contribution in [0.25, 0.3) is 0 Å². The van der Waals surface area contributed by atoms with Crippen LogP contribution in [0, 0.1) is 0 Å². The van der Waals surface area contributed by atoms with Gasteiger partial charge in [0.1, 0.15) is 5.75 Å². The summed E-state index contributed by atoms with van der Waals surface area (Å²) in [6, 6.07) is 7.87. The Morgan fingerprint density at radius 2 is 1.81 bits per heavy atom. The molecule has 0 unspecified atom stereocenters. The molecule has 1 rings (SSSR count). The van der Waals surface area contributed by atoms with Crippen LogP contribution < -0.4 is 10.1 Å². The van der Waals surface area contributed by atoms with E-state index in [9.17, 15) is 4.79 Å². The number of hydrogen-bond acceptors (Lipinski definition) is 2. The van der Waals surface area contributed by atoms with Crippen molar-refractivity contribution < 1.29 is 9.53 Å². The molecule has 0 saturated heterocycles. The van der Waals surface area contributed by atoms with Gasteiger partial charge in [-0.2, -0.15) is 0 Å². The Hall–Kier alpha value is -1.71. The maximum Gasteiger partial charge on any atom is 0.317 e. The standard InChI is InChI=1S/C17H28N2O2/c1-4-7-13-19(12-5-2)17(20)18-14-15-8-10-16(11-9-15)21-6-3/h8-11H,4-7,12-14H2,1-3H3,(H,18,20). The van der Waals surface area contributed by atoms with Crippen LogP contribution in [0.15, 0.2) is 24.3 Å². The highest BCUT2D eigenvalue weighted by molar-refractivity contribution is 5.74. The van der Waals surface area contributed by atoms with Crippen molar-refractivity contribution in [2.24, 2.45) is 0 Å². The van der Waals surface area contributed by atoms with E-state index in [0.29, 0.717) is 13.2 Å². The number of urea groups is 1. The van der Waals surface area contributed by atoms with Crippen molar-refractivity contribution in [3.8, 4) is 5.75 Å². The molecule has 0 saturated carbocycles. The predicted octanol–water partition coefficient (Wildman–Crippen LogP) is 3.81. The fourth-order valence-electron chi connectivity index (χ4n) is 2.09. The van der Waals surface area contributed by atoms with Gasteiger partial charge >= 0.3 is 6.03 Å². The Bertz CT molecular complexity index is 404. The molecule has 0 fully saturated rings. The first kappa shape index (κ1) is 17.3. The molecule has 4 nitrogen and oxygen atoms in total. The van der Waals surface area contributed by atoms with Crippen molar-refractivity contribution in [3.05, 3.63) is 29.8 Å². The lowest BCUT2D eigenvalue weighted by molar-refractivity contribution is 0.196. The number of ether oxygens (including phenoxy) is 1. The summed E-state index contributed by atoms with van der Waals surface area (Å²) in [7, 11) is 0. The van der Waals surface area contributed by atoms with Gasteiger partial charge in [0.05, 0.1) is 6.61 Å². The number of rotatable bonds is 9. The normalized spacial score (nSPS) is 10.2. The number of carbonyl (C=O) groups excluding carboxylic acids is 1. The van der Waals surface area contributed by atoms with Crippen LogP contribution in [0.2, 0.25) is 0 Å². The van der Waals surface area contributed by atoms with E-state index in [0.717, 1.165) is 43.7 Å². The Balaban J connectivity index is 2.45. The molecule has 0 aromatic heterocycles. The summed E-state index contributed by atoms with van der Waals surface area (Å²) in [5, 5.41) is 2.99. The highest BCUT2D eigenvalue weighted by Crippen LogP contribution is 2.12. The van der Waals surface area contributed by atoms with E-state index in [1.54, 1.807) is 0 Å². The largest absolute Gasteiger partial charge is 0.494 e. The van der Waals surface area contributed by atoms with Crippen molar-refractivity contribution in [3.63, 3.8) is 0 Å². The number of nitrogens with one attached hydrogen (secondary N) is 1. The fraction of sp³-hybridized carbons (Fsp3) is 0.588. The molecule has 0 aliphatic carbocycles.